The molecule has 2 aliphatic rings. The predicted molar refractivity (Wildman–Crippen MR) is 97.2 cm³/mol. The lowest BCUT2D eigenvalue weighted by molar-refractivity contribution is -0.122. The molecule has 4 rings (SSSR count). The van der Waals surface area contributed by atoms with Crippen LogP contribution in [0.3, 0.4) is 0 Å². The molecule has 1 aliphatic heterocycles. The second-order valence-corrected chi connectivity index (χ2v) is 7.08. The third-order valence-electron chi connectivity index (χ3n) is 5.44. The maximum absolute atomic E-state index is 12.3. The zero-order chi connectivity index (χ0) is 17.2. The number of anilines is 1. The summed E-state index contributed by atoms with van der Waals surface area (Å²) in [4.78, 5) is 23.3. The van der Waals surface area contributed by atoms with E-state index < -0.39 is 0 Å². The van der Waals surface area contributed by atoms with E-state index in [2.05, 4.69) is 51.4 Å². The summed E-state index contributed by atoms with van der Waals surface area (Å²) in [6.45, 7) is 4.47. The molecule has 1 aliphatic carbocycles. The van der Waals surface area contributed by atoms with Crippen molar-refractivity contribution in [3.8, 4) is 0 Å². The summed E-state index contributed by atoms with van der Waals surface area (Å²) in [5.74, 6) is 2.06. The van der Waals surface area contributed by atoms with Gasteiger partial charge in [0.05, 0.1) is 0 Å². The summed E-state index contributed by atoms with van der Waals surface area (Å²) in [6, 6.07) is 10.3. The van der Waals surface area contributed by atoms with E-state index in [0.29, 0.717) is 12.5 Å². The summed E-state index contributed by atoms with van der Waals surface area (Å²) in [5, 5.41) is 3.19. The first-order chi connectivity index (χ1) is 12.3. The van der Waals surface area contributed by atoms with Crippen molar-refractivity contribution in [1.29, 1.82) is 0 Å². The molecular formula is C20H24N4O. The van der Waals surface area contributed by atoms with Gasteiger partial charge in [0.15, 0.2) is 0 Å². The van der Waals surface area contributed by atoms with Gasteiger partial charge >= 0.3 is 0 Å². The maximum atomic E-state index is 12.3. The van der Waals surface area contributed by atoms with Crippen molar-refractivity contribution in [2.24, 2.45) is 11.8 Å². The second-order valence-electron chi connectivity index (χ2n) is 7.08. The topological polar surface area (TPSA) is 58.1 Å². The molecule has 3 unspecified atom stereocenters. The minimum atomic E-state index is 0.220. The third-order valence-corrected chi connectivity index (χ3v) is 5.44. The zero-order valence-electron chi connectivity index (χ0n) is 14.6. The fourth-order valence-electron chi connectivity index (χ4n) is 3.87. The molecule has 5 nitrogen and oxygen atoms in total. The Morgan fingerprint density at radius 2 is 2.04 bits per heavy atom. The molecule has 1 aromatic carbocycles. The lowest BCUT2D eigenvalue weighted by Crippen LogP contribution is -2.40. The van der Waals surface area contributed by atoms with E-state index in [1.54, 1.807) is 12.4 Å². The van der Waals surface area contributed by atoms with Crippen molar-refractivity contribution in [2.75, 3.05) is 18.0 Å². The van der Waals surface area contributed by atoms with Crippen LogP contribution in [0.4, 0.5) is 5.95 Å². The van der Waals surface area contributed by atoms with Gasteiger partial charge in [0, 0.05) is 43.9 Å². The van der Waals surface area contributed by atoms with Crippen LogP contribution in [0.1, 0.15) is 36.8 Å². The van der Waals surface area contributed by atoms with Gasteiger partial charge in [-0.15, -0.1) is 0 Å². The number of carbonyl (C=O) groups excluding carboxylic acids is 1. The van der Waals surface area contributed by atoms with Crippen molar-refractivity contribution >= 4 is 11.9 Å². The highest BCUT2D eigenvalue weighted by Gasteiger charge is 2.41. The van der Waals surface area contributed by atoms with Crippen LogP contribution >= 0.6 is 0 Å². The number of nitrogens with zero attached hydrogens (tertiary/aromatic N) is 3. The Hall–Kier alpha value is -2.43. The number of carbonyl (C=O) groups is 1. The number of hydrogen-bond donors (Lipinski definition) is 1. The van der Waals surface area contributed by atoms with Crippen molar-refractivity contribution in [3.05, 3.63) is 53.9 Å². The smallest absolute Gasteiger partial charge is 0.225 e. The summed E-state index contributed by atoms with van der Waals surface area (Å²) in [5.41, 5.74) is 2.62. The van der Waals surface area contributed by atoms with Crippen LogP contribution in [0.25, 0.3) is 0 Å². The first-order valence-corrected chi connectivity index (χ1v) is 9.13. The van der Waals surface area contributed by atoms with E-state index in [9.17, 15) is 4.79 Å². The fourth-order valence-corrected chi connectivity index (χ4v) is 3.87. The number of fused-ring (bicyclic) bond motifs is 1. The molecule has 0 radical (unpaired) electrons. The van der Waals surface area contributed by atoms with E-state index >= 15 is 0 Å². The highest BCUT2D eigenvalue weighted by molar-refractivity contribution is 5.81. The molecule has 1 saturated carbocycles. The predicted octanol–water partition coefficient (Wildman–Crippen LogP) is 2.74. The summed E-state index contributed by atoms with van der Waals surface area (Å²) in [7, 11) is 0. The van der Waals surface area contributed by atoms with Crippen molar-refractivity contribution < 1.29 is 4.79 Å². The third kappa shape index (κ3) is 3.36. The molecule has 1 fully saturated rings. The van der Waals surface area contributed by atoms with Crippen LogP contribution in [0.5, 0.6) is 0 Å². The average Bonchev–Trinajstić information content (AvgIpc) is 3.46. The highest BCUT2D eigenvalue weighted by atomic mass is 16.2. The Kier molecular flexibility index (Phi) is 4.38. The van der Waals surface area contributed by atoms with Crippen LogP contribution in [-0.4, -0.2) is 29.0 Å². The van der Waals surface area contributed by atoms with Crippen LogP contribution in [0, 0.1) is 11.8 Å². The van der Waals surface area contributed by atoms with Gasteiger partial charge in [-0.25, -0.2) is 9.97 Å². The summed E-state index contributed by atoms with van der Waals surface area (Å²) >= 11 is 0. The normalized spacial score (nSPS) is 24.5. The highest BCUT2D eigenvalue weighted by Crippen LogP contribution is 2.41. The minimum Gasteiger partial charge on any atom is -0.355 e. The van der Waals surface area contributed by atoms with E-state index in [1.807, 2.05) is 6.07 Å². The first-order valence-electron chi connectivity index (χ1n) is 9.13. The molecule has 0 spiro atoms. The Balaban J connectivity index is 1.49. The van der Waals surface area contributed by atoms with E-state index in [0.717, 1.165) is 31.9 Å². The molecule has 2 aromatic rings. The van der Waals surface area contributed by atoms with Gasteiger partial charge in [0.2, 0.25) is 11.9 Å². The fraction of sp³-hybridized carbons (Fsp3) is 0.450. The molecule has 3 atom stereocenters. The largest absolute Gasteiger partial charge is 0.355 e. The SMILES string of the molecule is CCC1CC1C(=O)NCC1CN(c2ncccn2)Cc2ccccc21. The van der Waals surface area contributed by atoms with Gasteiger partial charge in [-0.05, 0) is 29.5 Å². The zero-order valence-corrected chi connectivity index (χ0v) is 14.6. The quantitative estimate of drug-likeness (QED) is 0.912. The molecule has 25 heavy (non-hydrogen) atoms. The Morgan fingerprint density at radius 1 is 1.24 bits per heavy atom. The van der Waals surface area contributed by atoms with E-state index in [1.165, 1.54) is 11.1 Å². The monoisotopic (exact) mass is 336 g/mol. The van der Waals surface area contributed by atoms with Crippen molar-refractivity contribution in [1.82, 2.24) is 15.3 Å². The van der Waals surface area contributed by atoms with Gasteiger partial charge < -0.3 is 10.2 Å². The second kappa shape index (κ2) is 6.82. The Morgan fingerprint density at radius 3 is 2.80 bits per heavy atom. The van der Waals surface area contributed by atoms with Gasteiger partial charge in [-0.1, -0.05) is 37.6 Å². The summed E-state index contributed by atoms with van der Waals surface area (Å²) in [6.07, 6.45) is 5.70. The molecule has 0 saturated heterocycles. The van der Waals surface area contributed by atoms with Crippen LogP contribution in [0.15, 0.2) is 42.7 Å². The molecule has 1 aromatic heterocycles. The van der Waals surface area contributed by atoms with Crippen LogP contribution in [-0.2, 0) is 11.3 Å². The van der Waals surface area contributed by atoms with Crippen molar-refractivity contribution in [3.63, 3.8) is 0 Å². The van der Waals surface area contributed by atoms with Crippen molar-refractivity contribution in [2.45, 2.75) is 32.2 Å². The molecule has 5 heteroatoms. The molecule has 1 N–H and O–H groups in total. The number of nitrogens with one attached hydrogen (secondary N) is 1. The van der Waals surface area contributed by atoms with E-state index in [4.69, 9.17) is 0 Å². The Labute approximate surface area is 148 Å². The number of aromatic nitrogens is 2. The van der Waals surface area contributed by atoms with Gasteiger partial charge in [0.25, 0.3) is 0 Å². The molecule has 2 heterocycles. The van der Waals surface area contributed by atoms with Gasteiger partial charge in [-0.3, -0.25) is 4.79 Å². The molecule has 1 amide bonds. The molecule has 0 bridgehead atoms. The lowest BCUT2D eigenvalue weighted by atomic mass is 9.89. The number of amides is 1. The number of rotatable bonds is 5. The summed E-state index contributed by atoms with van der Waals surface area (Å²) < 4.78 is 0. The van der Waals surface area contributed by atoms with Gasteiger partial charge in [0.1, 0.15) is 0 Å². The van der Waals surface area contributed by atoms with Crippen LogP contribution in [0.2, 0.25) is 0 Å². The first kappa shape index (κ1) is 16.1. The minimum absolute atomic E-state index is 0.220. The van der Waals surface area contributed by atoms with Gasteiger partial charge in [-0.2, -0.15) is 0 Å². The number of hydrogen-bond acceptors (Lipinski definition) is 4. The Bertz CT molecular complexity index is 748. The van der Waals surface area contributed by atoms with E-state index in [-0.39, 0.29) is 17.7 Å². The van der Waals surface area contributed by atoms with Crippen LogP contribution < -0.4 is 10.2 Å². The maximum Gasteiger partial charge on any atom is 0.225 e. The molecule has 130 valence electrons. The standard InChI is InChI=1S/C20H24N4O/c1-2-14-10-18(14)19(25)23-11-16-13-24(20-21-8-5-9-22-20)12-15-6-3-4-7-17(15)16/h3-9,14,16,18H,2,10-13H2,1H3,(H,23,25). The number of benzene rings is 1. The average molecular weight is 336 g/mol. The lowest BCUT2D eigenvalue weighted by Gasteiger charge is -2.34. The molecular weight excluding hydrogens is 312 g/mol.